The average Bonchev–Trinajstić information content (AvgIpc) is 2.76. The van der Waals surface area contributed by atoms with Gasteiger partial charge in [-0.2, -0.15) is 0 Å². The van der Waals surface area contributed by atoms with Crippen molar-refractivity contribution in [3.8, 4) is 0 Å². The van der Waals surface area contributed by atoms with Gasteiger partial charge in [0.05, 0.1) is 0 Å². The molecule has 1 heterocycles. The molecule has 1 aliphatic rings. The second kappa shape index (κ2) is 6.59. The monoisotopic (exact) mass is 266 g/mol. The SMILES string of the molecule is C1CCOC1.ClC(Cl)(Cl)c1ccccc1. The molecule has 1 aromatic rings. The third kappa shape index (κ3) is 5.62. The minimum Gasteiger partial charge on any atom is -0.381 e. The van der Waals surface area contributed by atoms with Crippen LogP contribution in [0, 0.1) is 0 Å². The molecular formula is C11H13Cl3O. The van der Waals surface area contributed by atoms with E-state index in [-0.39, 0.29) is 0 Å². The van der Waals surface area contributed by atoms with Crippen molar-refractivity contribution in [2.45, 2.75) is 16.6 Å². The quantitative estimate of drug-likeness (QED) is 0.637. The summed E-state index contributed by atoms with van der Waals surface area (Å²) in [6, 6.07) is 9.08. The molecule has 15 heavy (non-hydrogen) atoms. The van der Waals surface area contributed by atoms with Crippen LogP contribution in [-0.2, 0) is 8.53 Å². The van der Waals surface area contributed by atoms with E-state index in [1.807, 2.05) is 18.2 Å². The van der Waals surface area contributed by atoms with Gasteiger partial charge in [-0.1, -0.05) is 65.1 Å². The second-order valence-corrected chi connectivity index (χ2v) is 5.46. The number of alkyl halides is 3. The van der Waals surface area contributed by atoms with Crippen LogP contribution in [0.3, 0.4) is 0 Å². The molecule has 4 heteroatoms. The van der Waals surface area contributed by atoms with Gasteiger partial charge in [0.2, 0.25) is 3.79 Å². The molecule has 1 fully saturated rings. The molecule has 0 aliphatic carbocycles. The summed E-state index contributed by atoms with van der Waals surface area (Å²) in [6.45, 7) is 2.00. The first-order valence-corrected chi connectivity index (χ1v) is 5.94. The highest BCUT2D eigenvalue weighted by Crippen LogP contribution is 2.37. The van der Waals surface area contributed by atoms with Gasteiger partial charge in [-0.15, -0.1) is 0 Å². The fourth-order valence-corrected chi connectivity index (χ4v) is 1.52. The molecule has 1 aliphatic heterocycles. The van der Waals surface area contributed by atoms with Crippen LogP contribution < -0.4 is 0 Å². The fourth-order valence-electron chi connectivity index (χ4n) is 1.14. The van der Waals surface area contributed by atoms with E-state index in [0.29, 0.717) is 5.56 Å². The molecule has 0 atom stereocenters. The largest absolute Gasteiger partial charge is 0.381 e. The lowest BCUT2D eigenvalue weighted by Gasteiger charge is -2.09. The summed E-state index contributed by atoms with van der Waals surface area (Å²) < 4.78 is 3.65. The van der Waals surface area contributed by atoms with Crippen molar-refractivity contribution in [1.29, 1.82) is 0 Å². The van der Waals surface area contributed by atoms with Gasteiger partial charge in [0.15, 0.2) is 0 Å². The van der Waals surface area contributed by atoms with Crippen molar-refractivity contribution in [3.63, 3.8) is 0 Å². The number of hydrogen-bond acceptors (Lipinski definition) is 1. The molecule has 1 nitrogen and oxygen atoms in total. The standard InChI is InChI=1S/C7H5Cl3.C4H8O/c8-7(9,10)6-4-2-1-3-5-6;1-2-4-5-3-1/h1-5H;1-4H2. The molecule has 0 unspecified atom stereocenters. The normalized spacial score (nSPS) is 15.7. The zero-order valence-corrected chi connectivity index (χ0v) is 10.5. The average molecular weight is 268 g/mol. The number of ether oxygens (including phenoxy) is 1. The van der Waals surface area contributed by atoms with E-state index in [4.69, 9.17) is 39.5 Å². The van der Waals surface area contributed by atoms with Gasteiger partial charge in [0.25, 0.3) is 0 Å². The third-order valence-corrected chi connectivity index (χ3v) is 2.58. The molecule has 0 radical (unpaired) electrons. The first kappa shape index (κ1) is 13.1. The van der Waals surface area contributed by atoms with Crippen LogP contribution in [0.5, 0.6) is 0 Å². The molecule has 84 valence electrons. The molecule has 0 bridgehead atoms. The predicted octanol–water partition coefficient (Wildman–Crippen LogP) is 4.31. The van der Waals surface area contributed by atoms with Crippen LogP contribution in [-0.4, -0.2) is 13.2 Å². The zero-order valence-electron chi connectivity index (χ0n) is 8.26. The molecule has 0 N–H and O–H groups in total. The van der Waals surface area contributed by atoms with E-state index in [1.165, 1.54) is 12.8 Å². The molecule has 2 rings (SSSR count). The van der Waals surface area contributed by atoms with Crippen molar-refractivity contribution in [2.24, 2.45) is 0 Å². The lowest BCUT2D eigenvalue weighted by Crippen LogP contribution is -1.98. The number of hydrogen-bond donors (Lipinski definition) is 0. The van der Waals surface area contributed by atoms with Gasteiger partial charge in [-0.05, 0) is 12.8 Å². The Balaban J connectivity index is 0.000000187. The predicted molar refractivity (Wildman–Crippen MR) is 65.7 cm³/mol. The maximum absolute atomic E-state index is 5.59. The summed E-state index contributed by atoms with van der Waals surface area (Å²) >= 11 is 16.8. The summed E-state index contributed by atoms with van der Waals surface area (Å²) in [4.78, 5) is 0. The van der Waals surface area contributed by atoms with Gasteiger partial charge >= 0.3 is 0 Å². The molecule has 0 aromatic heterocycles. The Labute approximate surface area is 105 Å². The summed E-state index contributed by atoms with van der Waals surface area (Å²) in [5.74, 6) is 0. The van der Waals surface area contributed by atoms with E-state index < -0.39 is 3.79 Å². The van der Waals surface area contributed by atoms with Gasteiger partial charge in [0.1, 0.15) is 0 Å². The van der Waals surface area contributed by atoms with Gasteiger partial charge in [-0.25, -0.2) is 0 Å². The van der Waals surface area contributed by atoms with Crippen LogP contribution in [0.15, 0.2) is 30.3 Å². The minimum atomic E-state index is -1.29. The number of benzene rings is 1. The Morgan fingerprint density at radius 1 is 0.933 bits per heavy atom. The first-order valence-electron chi connectivity index (χ1n) is 4.80. The Kier molecular flexibility index (Phi) is 5.77. The summed E-state index contributed by atoms with van der Waals surface area (Å²) in [6.07, 6.45) is 2.56. The molecule has 0 saturated carbocycles. The van der Waals surface area contributed by atoms with Gasteiger partial charge in [-0.3, -0.25) is 0 Å². The minimum absolute atomic E-state index is 0.694. The van der Waals surface area contributed by atoms with E-state index in [0.717, 1.165) is 13.2 Å². The van der Waals surface area contributed by atoms with E-state index >= 15 is 0 Å². The van der Waals surface area contributed by atoms with Crippen LogP contribution >= 0.6 is 34.8 Å². The van der Waals surface area contributed by atoms with Crippen LogP contribution in [0.2, 0.25) is 0 Å². The Morgan fingerprint density at radius 2 is 1.47 bits per heavy atom. The zero-order chi connectivity index (χ0) is 11.1. The molecular weight excluding hydrogens is 254 g/mol. The second-order valence-electron chi connectivity index (χ2n) is 3.18. The fraction of sp³-hybridized carbons (Fsp3) is 0.455. The number of rotatable bonds is 0. The van der Waals surface area contributed by atoms with Crippen molar-refractivity contribution in [1.82, 2.24) is 0 Å². The van der Waals surface area contributed by atoms with Gasteiger partial charge < -0.3 is 4.74 Å². The van der Waals surface area contributed by atoms with Crippen LogP contribution in [0.4, 0.5) is 0 Å². The summed E-state index contributed by atoms with van der Waals surface area (Å²) in [5, 5.41) is 0. The van der Waals surface area contributed by atoms with E-state index in [2.05, 4.69) is 0 Å². The molecule has 1 saturated heterocycles. The maximum Gasteiger partial charge on any atom is 0.216 e. The van der Waals surface area contributed by atoms with Crippen molar-refractivity contribution >= 4 is 34.8 Å². The van der Waals surface area contributed by atoms with Crippen LogP contribution in [0.1, 0.15) is 18.4 Å². The maximum atomic E-state index is 5.59. The first-order chi connectivity index (χ1) is 7.11. The molecule has 1 aromatic carbocycles. The Hall–Kier alpha value is 0.0500. The Bertz CT molecular complexity index is 257. The highest BCUT2D eigenvalue weighted by atomic mass is 35.6. The highest BCUT2D eigenvalue weighted by molar-refractivity contribution is 6.66. The smallest absolute Gasteiger partial charge is 0.216 e. The lowest BCUT2D eigenvalue weighted by atomic mass is 10.2. The van der Waals surface area contributed by atoms with E-state index in [1.54, 1.807) is 12.1 Å². The summed E-state index contributed by atoms with van der Waals surface area (Å²) in [7, 11) is 0. The molecule has 0 amide bonds. The van der Waals surface area contributed by atoms with Crippen LogP contribution in [0.25, 0.3) is 0 Å². The van der Waals surface area contributed by atoms with Crippen molar-refractivity contribution in [2.75, 3.05) is 13.2 Å². The Morgan fingerprint density at radius 3 is 1.73 bits per heavy atom. The third-order valence-electron chi connectivity index (χ3n) is 1.93. The number of halogens is 3. The van der Waals surface area contributed by atoms with Crippen molar-refractivity contribution in [3.05, 3.63) is 35.9 Å². The lowest BCUT2D eigenvalue weighted by molar-refractivity contribution is 0.198. The summed E-state index contributed by atoms with van der Waals surface area (Å²) in [5.41, 5.74) is 0.694. The van der Waals surface area contributed by atoms with E-state index in [9.17, 15) is 0 Å². The topological polar surface area (TPSA) is 9.23 Å². The van der Waals surface area contributed by atoms with Crippen molar-refractivity contribution < 1.29 is 4.74 Å². The van der Waals surface area contributed by atoms with Gasteiger partial charge in [0, 0.05) is 18.8 Å². The molecule has 0 spiro atoms. The highest BCUT2D eigenvalue weighted by Gasteiger charge is 2.21.